The van der Waals surface area contributed by atoms with Crippen LogP contribution in [-0.4, -0.2) is 56.1 Å². The molecule has 0 saturated carbocycles. The molecular formula is C15H22N4O. The molecule has 1 atom stereocenters. The van der Waals surface area contributed by atoms with Gasteiger partial charge in [0.2, 0.25) is 0 Å². The number of aliphatic imine (C=N–C) groups is 1. The molecule has 108 valence electrons. The van der Waals surface area contributed by atoms with Crippen molar-refractivity contribution in [1.29, 1.82) is 0 Å². The molecule has 2 N–H and O–H groups in total. The van der Waals surface area contributed by atoms with Crippen molar-refractivity contribution in [2.75, 3.05) is 40.3 Å². The molecule has 5 nitrogen and oxygen atoms in total. The largest absolute Gasteiger partial charge is 0.493 e. The van der Waals surface area contributed by atoms with Crippen LogP contribution in [0.25, 0.3) is 0 Å². The topological polar surface area (TPSA) is 54.1 Å². The number of nitrogens with zero attached hydrogens (tertiary/aromatic N) is 3. The van der Waals surface area contributed by atoms with E-state index in [2.05, 4.69) is 41.0 Å². The maximum Gasteiger partial charge on any atom is 0.192 e. The highest BCUT2D eigenvalue weighted by Gasteiger charge is 2.46. The fraction of sp³-hybridized carbons (Fsp3) is 0.533. The molecule has 0 amide bonds. The van der Waals surface area contributed by atoms with Crippen molar-refractivity contribution in [2.45, 2.75) is 12.0 Å². The third kappa shape index (κ3) is 2.02. The van der Waals surface area contributed by atoms with E-state index in [0.717, 1.165) is 38.4 Å². The van der Waals surface area contributed by atoms with Crippen LogP contribution in [0, 0.1) is 0 Å². The van der Waals surface area contributed by atoms with Crippen LogP contribution in [0.1, 0.15) is 12.0 Å². The Balaban J connectivity index is 1.95. The summed E-state index contributed by atoms with van der Waals surface area (Å²) in [5.41, 5.74) is 7.25. The van der Waals surface area contributed by atoms with Gasteiger partial charge in [-0.1, -0.05) is 18.2 Å². The summed E-state index contributed by atoms with van der Waals surface area (Å²) in [6, 6.07) is 8.26. The van der Waals surface area contributed by atoms with Gasteiger partial charge in [-0.3, -0.25) is 4.99 Å². The van der Waals surface area contributed by atoms with E-state index in [0.29, 0.717) is 5.96 Å². The zero-order chi connectivity index (χ0) is 14.2. The van der Waals surface area contributed by atoms with Gasteiger partial charge in [0.05, 0.1) is 18.7 Å². The predicted octanol–water partition coefficient (Wildman–Crippen LogP) is 0.856. The number of benzene rings is 1. The minimum absolute atomic E-state index is 0.116. The van der Waals surface area contributed by atoms with Gasteiger partial charge in [-0.05, 0) is 20.2 Å². The molecule has 1 spiro atoms. The van der Waals surface area contributed by atoms with Crippen LogP contribution in [-0.2, 0) is 5.54 Å². The van der Waals surface area contributed by atoms with Gasteiger partial charge in [-0.15, -0.1) is 0 Å². The van der Waals surface area contributed by atoms with Crippen molar-refractivity contribution in [3.05, 3.63) is 29.8 Å². The van der Waals surface area contributed by atoms with Crippen molar-refractivity contribution in [2.24, 2.45) is 10.7 Å². The maximum atomic E-state index is 6.14. The number of likely N-dealkylation sites (N-methyl/N-ethyl adjacent to an activating group) is 1. The molecule has 0 aliphatic carbocycles. The van der Waals surface area contributed by atoms with E-state index in [4.69, 9.17) is 10.5 Å². The summed E-state index contributed by atoms with van der Waals surface area (Å²) in [7, 11) is 4.15. The first kappa shape index (κ1) is 13.2. The number of hydrogen-bond acceptors (Lipinski definition) is 5. The molecule has 0 radical (unpaired) electrons. The second-order valence-electron chi connectivity index (χ2n) is 5.76. The quantitative estimate of drug-likeness (QED) is 0.888. The van der Waals surface area contributed by atoms with Crippen LogP contribution in [0.5, 0.6) is 5.75 Å². The summed E-state index contributed by atoms with van der Waals surface area (Å²) >= 11 is 0. The third-order valence-corrected chi connectivity index (χ3v) is 4.23. The normalized spacial score (nSPS) is 24.8. The molecule has 5 heteroatoms. The highest BCUT2D eigenvalue weighted by Crippen LogP contribution is 2.43. The molecule has 3 rings (SSSR count). The molecule has 0 fully saturated rings. The Kier molecular flexibility index (Phi) is 3.30. The lowest BCUT2D eigenvalue weighted by molar-refractivity contribution is 0.116. The summed E-state index contributed by atoms with van der Waals surface area (Å²) in [4.78, 5) is 8.95. The summed E-state index contributed by atoms with van der Waals surface area (Å²) in [5.74, 6) is 1.63. The molecule has 20 heavy (non-hydrogen) atoms. The van der Waals surface area contributed by atoms with Crippen LogP contribution in [0.3, 0.4) is 0 Å². The zero-order valence-electron chi connectivity index (χ0n) is 12.2. The van der Waals surface area contributed by atoms with E-state index in [1.165, 1.54) is 5.56 Å². The highest BCUT2D eigenvalue weighted by molar-refractivity contribution is 5.81. The smallest absolute Gasteiger partial charge is 0.192 e. The van der Waals surface area contributed by atoms with E-state index >= 15 is 0 Å². The fourth-order valence-corrected chi connectivity index (χ4v) is 3.12. The minimum Gasteiger partial charge on any atom is -0.493 e. The number of nitrogens with two attached hydrogens (primary N) is 1. The van der Waals surface area contributed by atoms with Crippen molar-refractivity contribution in [3.8, 4) is 5.75 Å². The van der Waals surface area contributed by atoms with Gasteiger partial charge in [-0.2, -0.15) is 0 Å². The van der Waals surface area contributed by atoms with Crippen LogP contribution in [0.2, 0.25) is 0 Å². The van der Waals surface area contributed by atoms with E-state index in [1.54, 1.807) is 0 Å². The van der Waals surface area contributed by atoms with Gasteiger partial charge in [-0.25, -0.2) is 0 Å². The van der Waals surface area contributed by atoms with Crippen molar-refractivity contribution in [1.82, 2.24) is 9.80 Å². The average Bonchev–Trinajstić information content (AvgIpc) is 2.75. The summed E-state index contributed by atoms with van der Waals surface area (Å²) in [5, 5.41) is 0. The van der Waals surface area contributed by atoms with Gasteiger partial charge in [0.1, 0.15) is 5.75 Å². The summed E-state index contributed by atoms with van der Waals surface area (Å²) in [6.07, 6.45) is 0.932. The zero-order valence-corrected chi connectivity index (χ0v) is 12.2. The standard InChI is InChI=1S/C15H22N4O/c1-18(2)8-9-19-14(16)17-11-15(19)7-10-20-13-6-4-3-5-12(13)15/h3-6H,7-11H2,1-2H3,(H2,16,17). The van der Waals surface area contributed by atoms with Crippen LogP contribution in [0.4, 0.5) is 0 Å². The van der Waals surface area contributed by atoms with Gasteiger partial charge < -0.3 is 20.3 Å². The Morgan fingerprint density at radius 1 is 1.40 bits per heavy atom. The Morgan fingerprint density at radius 2 is 2.20 bits per heavy atom. The molecular weight excluding hydrogens is 252 g/mol. The van der Waals surface area contributed by atoms with E-state index < -0.39 is 0 Å². The Labute approximate surface area is 120 Å². The molecule has 1 unspecified atom stereocenters. The van der Waals surface area contributed by atoms with Crippen LogP contribution < -0.4 is 10.5 Å². The maximum absolute atomic E-state index is 6.14. The SMILES string of the molecule is CN(C)CCN1C(N)=NCC12CCOc1ccccc12. The minimum atomic E-state index is -0.116. The van der Waals surface area contributed by atoms with Crippen LogP contribution >= 0.6 is 0 Å². The number of hydrogen-bond donors (Lipinski definition) is 1. The summed E-state index contributed by atoms with van der Waals surface area (Å²) in [6.45, 7) is 3.29. The average molecular weight is 274 g/mol. The van der Waals surface area contributed by atoms with Gasteiger partial charge in [0.15, 0.2) is 5.96 Å². The lowest BCUT2D eigenvalue weighted by Crippen LogP contribution is -2.53. The first-order valence-electron chi connectivity index (χ1n) is 7.08. The van der Waals surface area contributed by atoms with E-state index in [1.807, 2.05) is 12.1 Å². The lowest BCUT2D eigenvalue weighted by Gasteiger charge is -2.43. The Hall–Kier alpha value is -1.75. The monoisotopic (exact) mass is 274 g/mol. The van der Waals surface area contributed by atoms with E-state index in [-0.39, 0.29) is 5.54 Å². The van der Waals surface area contributed by atoms with Crippen molar-refractivity contribution < 1.29 is 4.74 Å². The lowest BCUT2D eigenvalue weighted by atomic mass is 9.83. The number of rotatable bonds is 3. The molecule has 0 bridgehead atoms. The molecule has 2 aliphatic rings. The van der Waals surface area contributed by atoms with Crippen LogP contribution in [0.15, 0.2) is 29.3 Å². The fourth-order valence-electron chi connectivity index (χ4n) is 3.12. The second kappa shape index (κ2) is 4.98. The summed E-state index contributed by atoms with van der Waals surface area (Å²) < 4.78 is 5.79. The highest BCUT2D eigenvalue weighted by atomic mass is 16.5. The number of ether oxygens (including phenoxy) is 1. The van der Waals surface area contributed by atoms with Gasteiger partial charge in [0, 0.05) is 25.1 Å². The molecule has 0 saturated heterocycles. The Bertz CT molecular complexity index is 528. The number of para-hydroxylation sites is 1. The molecule has 2 aliphatic heterocycles. The second-order valence-corrected chi connectivity index (χ2v) is 5.76. The molecule has 1 aromatic carbocycles. The molecule has 2 heterocycles. The first-order chi connectivity index (χ1) is 9.63. The van der Waals surface area contributed by atoms with Gasteiger partial charge >= 0.3 is 0 Å². The van der Waals surface area contributed by atoms with Gasteiger partial charge in [0.25, 0.3) is 0 Å². The predicted molar refractivity (Wildman–Crippen MR) is 80.0 cm³/mol. The number of guanidine groups is 1. The van der Waals surface area contributed by atoms with Crippen molar-refractivity contribution in [3.63, 3.8) is 0 Å². The first-order valence-corrected chi connectivity index (χ1v) is 7.08. The molecule has 0 aromatic heterocycles. The Morgan fingerprint density at radius 3 is 3.00 bits per heavy atom. The van der Waals surface area contributed by atoms with Crippen molar-refractivity contribution >= 4 is 5.96 Å². The molecule has 1 aromatic rings. The third-order valence-electron chi connectivity index (χ3n) is 4.23. The van der Waals surface area contributed by atoms with E-state index in [9.17, 15) is 0 Å². The number of fused-ring (bicyclic) bond motifs is 2.